The molecule has 0 aliphatic heterocycles. The molecule has 184 valence electrons. The fourth-order valence-corrected chi connectivity index (χ4v) is 3.27. The predicted octanol–water partition coefficient (Wildman–Crippen LogP) is 4.22. The normalized spacial score (nSPS) is 10.8. The highest BCUT2D eigenvalue weighted by Crippen LogP contribution is 2.35. The van der Waals surface area contributed by atoms with Crippen LogP contribution in [0.1, 0.15) is 33.2 Å². The third-order valence-corrected chi connectivity index (χ3v) is 5.09. The molecule has 0 saturated heterocycles. The summed E-state index contributed by atoms with van der Waals surface area (Å²) in [6, 6.07) is 16.9. The first kappa shape index (κ1) is 25.6. The van der Waals surface area contributed by atoms with Crippen molar-refractivity contribution in [1.29, 1.82) is 0 Å². The molecule has 0 heterocycles. The van der Waals surface area contributed by atoms with Gasteiger partial charge in [-0.25, -0.2) is 0 Å². The molecule has 3 rings (SSSR count). The van der Waals surface area contributed by atoms with E-state index in [0.29, 0.717) is 11.3 Å². The number of Topliss-reactive ketones (excluding diaryl/α,β-unsaturated/α-hetero) is 1. The quantitative estimate of drug-likeness (QED) is 0.199. The van der Waals surface area contributed by atoms with Crippen LogP contribution in [0.15, 0.2) is 72.4 Å². The van der Waals surface area contributed by atoms with Gasteiger partial charge in [0.25, 0.3) is 17.5 Å². The van der Waals surface area contributed by atoms with Crippen LogP contribution >= 0.6 is 0 Å². The van der Waals surface area contributed by atoms with Gasteiger partial charge in [-0.05, 0) is 43.3 Å². The zero-order valence-electron chi connectivity index (χ0n) is 19.7. The molecule has 0 atom stereocenters. The van der Waals surface area contributed by atoms with E-state index >= 15 is 0 Å². The second-order valence-electron chi connectivity index (χ2n) is 7.49. The lowest BCUT2D eigenvalue weighted by Gasteiger charge is -2.13. The van der Waals surface area contributed by atoms with Gasteiger partial charge < -0.3 is 20.1 Å². The number of ether oxygens (including phenoxy) is 2. The first-order valence-electron chi connectivity index (χ1n) is 10.6. The summed E-state index contributed by atoms with van der Waals surface area (Å²) < 4.78 is 10.4. The molecule has 0 fully saturated rings. The average molecular weight is 489 g/mol. The fourth-order valence-electron chi connectivity index (χ4n) is 3.27. The number of hydrogen-bond acceptors (Lipinski definition) is 7. The second kappa shape index (κ2) is 11.4. The lowest BCUT2D eigenvalue weighted by molar-refractivity contribution is -0.385. The van der Waals surface area contributed by atoms with E-state index in [0.717, 1.165) is 6.07 Å². The summed E-state index contributed by atoms with van der Waals surface area (Å²) in [5, 5.41) is 16.9. The molecule has 0 aliphatic rings. The van der Waals surface area contributed by atoms with Crippen molar-refractivity contribution in [1.82, 2.24) is 5.32 Å². The lowest BCUT2D eigenvalue weighted by atomic mass is 10.1. The zero-order chi connectivity index (χ0) is 26.2. The Morgan fingerprint density at radius 3 is 2.14 bits per heavy atom. The summed E-state index contributed by atoms with van der Waals surface area (Å²) in [6.07, 6.45) is 1.17. The second-order valence-corrected chi connectivity index (χ2v) is 7.49. The molecule has 0 saturated carbocycles. The van der Waals surface area contributed by atoms with Crippen molar-refractivity contribution in [3.63, 3.8) is 0 Å². The Morgan fingerprint density at radius 1 is 0.889 bits per heavy atom. The standard InChI is InChI=1S/C26H23N3O7/c1-16(30)18-10-7-11-20(12-18)27-26(32)21(28-25(31)17-8-5-4-6-9-17)13-19-14-23(35-2)24(36-3)15-22(19)29(33)34/h4-15H,1-3H3,(H,27,32)(H,28,31)/b21-13+. The van der Waals surface area contributed by atoms with Gasteiger partial charge in [-0.3, -0.25) is 24.5 Å². The number of methoxy groups -OCH3 is 2. The number of anilines is 1. The fraction of sp³-hybridized carbons (Fsp3) is 0.115. The number of ketones is 1. The van der Waals surface area contributed by atoms with Crippen molar-refractivity contribution >= 4 is 35.0 Å². The van der Waals surface area contributed by atoms with Crippen LogP contribution in [-0.4, -0.2) is 36.7 Å². The number of nitro groups is 1. The monoisotopic (exact) mass is 489 g/mol. The first-order chi connectivity index (χ1) is 17.2. The van der Waals surface area contributed by atoms with E-state index in [4.69, 9.17) is 9.47 Å². The van der Waals surface area contributed by atoms with Gasteiger partial charge in [0.1, 0.15) is 5.70 Å². The molecule has 0 spiro atoms. The van der Waals surface area contributed by atoms with Crippen LogP contribution < -0.4 is 20.1 Å². The van der Waals surface area contributed by atoms with Gasteiger partial charge in [0, 0.05) is 16.8 Å². The minimum Gasteiger partial charge on any atom is -0.493 e. The first-order valence-corrected chi connectivity index (χ1v) is 10.6. The molecule has 10 heteroatoms. The number of nitrogens with zero attached hydrogens (tertiary/aromatic N) is 1. The van der Waals surface area contributed by atoms with Gasteiger partial charge in [0.2, 0.25) is 0 Å². The lowest BCUT2D eigenvalue weighted by Crippen LogP contribution is -2.30. The van der Waals surface area contributed by atoms with Gasteiger partial charge in [-0.2, -0.15) is 0 Å². The summed E-state index contributed by atoms with van der Waals surface area (Å²) in [7, 11) is 2.70. The summed E-state index contributed by atoms with van der Waals surface area (Å²) in [5.74, 6) is -1.23. The van der Waals surface area contributed by atoms with Crippen molar-refractivity contribution < 1.29 is 28.8 Å². The van der Waals surface area contributed by atoms with E-state index in [1.54, 1.807) is 48.5 Å². The Bertz CT molecular complexity index is 1350. The van der Waals surface area contributed by atoms with Crippen molar-refractivity contribution in [2.24, 2.45) is 0 Å². The van der Waals surface area contributed by atoms with E-state index in [1.165, 1.54) is 39.4 Å². The number of hydrogen-bond donors (Lipinski definition) is 2. The maximum Gasteiger partial charge on any atom is 0.280 e. The number of benzene rings is 3. The van der Waals surface area contributed by atoms with Gasteiger partial charge in [-0.1, -0.05) is 30.3 Å². The number of rotatable bonds is 9. The number of nitrogens with one attached hydrogen (secondary N) is 2. The Kier molecular flexibility index (Phi) is 8.14. The van der Waals surface area contributed by atoms with Crippen LogP contribution in [0.3, 0.4) is 0 Å². The molecule has 0 aromatic heterocycles. The maximum absolute atomic E-state index is 13.2. The largest absolute Gasteiger partial charge is 0.493 e. The number of nitro benzene ring substituents is 1. The van der Waals surface area contributed by atoms with E-state index in [9.17, 15) is 24.5 Å². The molecule has 10 nitrogen and oxygen atoms in total. The Balaban J connectivity index is 2.08. The van der Waals surface area contributed by atoms with Crippen LogP contribution in [-0.2, 0) is 4.79 Å². The van der Waals surface area contributed by atoms with E-state index in [-0.39, 0.29) is 39.8 Å². The molecule has 2 N–H and O–H groups in total. The Labute approximate surface area is 206 Å². The molecule has 0 aliphatic carbocycles. The van der Waals surface area contributed by atoms with Crippen LogP contribution in [0.5, 0.6) is 11.5 Å². The summed E-state index contributed by atoms with van der Waals surface area (Å²) in [4.78, 5) is 48.9. The topological polar surface area (TPSA) is 137 Å². The number of carbonyl (C=O) groups is 3. The highest BCUT2D eigenvalue weighted by atomic mass is 16.6. The molecule has 36 heavy (non-hydrogen) atoms. The van der Waals surface area contributed by atoms with Gasteiger partial charge in [0.15, 0.2) is 17.3 Å². The molecule has 0 bridgehead atoms. The molecule has 0 radical (unpaired) electrons. The molecular weight excluding hydrogens is 466 g/mol. The van der Waals surface area contributed by atoms with E-state index in [1.807, 2.05) is 0 Å². The maximum atomic E-state index is 13.2. The van der Waals surface area contributed by atoms with E-state index < -0.39 is 16.7 Å². The Hall–Kier alpha value is -4.99. The van der Waals surface area contributed by atoms with Crippen LogP contribution in [0.4, 0.5) is 11.4 Å². The van der Waals surface area contributed by atoms with Crippen molar-refractivity contribution in [3.8, 4) is 11.5 Å². The minimum atomic E-state index is -0.760. The molecular formula is C26H23N3O7. The van der Waals surface area contributed by atoms with Gasteiger partial charge >= 0.3 is 0 Å². The van der Waals surface area contributed by atoms with Crippen LogP contribution in [0.25, 0.3) is 6.08 Å². The smallest absolute Gasteiger partial charge is 0.280 e. The average Bonchev–Trinajstić information content (AvgIpc) is 2.88. The minimum absolute atomic E-state index is 0.00588. The van der Waals surface area contributed by atoms with Crippen molar-refractivity contribution in [3.05, 3.63) is 99.2 Å². The predicted molar refractivity (Wildman–Crippen MR) is 133 cm³/mol. The SMILES string of the molecule is COc1cc(/C=C(/NC(=O)c2ccccc2)C(=O)Nc2cccc(C(C)=O)c2)c([N+](=O)[O-])cc1OC. The van der Waals surface area contributed by atoms with Crippen molar-refractivity contribution in [2.75, 3.05) is 19.5 Å². The van der Waals surface area contributed by atoms with E-state index in [2.05, 4.69) is 10.6 Å². The summed E-state index contributed by atoms with van der Waals surface area (Å²) in [6.45, 7) is 1.39. The number of amides is 2. The van der Waals surface area contributed by atoms with Gasteiger partial charge in [0.05, 0.1) is 30.8 Å². The molecule has 2 amide bonds. The molecule has 3 aromatic rings. The number of carbonyl (C=O) groups excluding carboxylic acids is 3. The van der Waals surface area contributed by atoms with Gasteiger partial charge in [-0.15, -0.1) is 0 Å². The van der Waals surface area contributed by atoms with Crippen LogP contribution in [0, 0.1) is 10.1 Å². The highest BCUT2D eigenvalue weighted by Gasteiger charge is 2.22. The third-order valence-electron chi connectivity index (χ3n) is 5.09. The summed E-state index contributed by atoms with van der Waals surface area (Å²) >= 11 is 0. The third kappa shape index (κ3) is 6.11. The molecule has 0 unspecified atom stereocenters. The Morgan fingerprint density at radius 2 is 1.53 bits per heavy atom. The zero-order valence-corrected chi connectivity index (χ0v) is 19.7. The molecule has 3 aromatic carbocycles. The van der Waals surface area contributed by atoms with Crippen molar-refractivity contribution in [2.45, 2.75) is 6.92 Å². The van der Waals surface area contributed by atoms with Crippen LogP contribution in [0.2, 0.25) is 0 Å². The highest BCUT2D eigenvalue weighted by molar-refractivity contribution is 6.11. The summed E-state index contributed by atoms with van der Waals surface area (Å²) in [5.41, 5.74) is 0.305.